The molecule has 0 saturated heterocycles. The summed E-state index contributed by atoms with van der Waals surface area (Å²) in [5, 5.41) is 2.80. The van der Waals surface area contributed by atoms with Gasteiger partial charge in [-0.3, -0.25) is 0 Å². The smallest absolute Gasteiger partial charge is 0.0232 e. The summed E-state index contributed by atoms with van der Waals surface area (Å²) in [6, 6.07) is 21.2. The zero-order chi connectivity index (χ0) is 11.1. The first kappa shape index (κ1) is 11.5. The lowest BCUT2D eigenvalue weighted by Gasteiger charge is -1.96. The molecule has 0 nitrogen and oxygen atoms in total. The third-order valence-corrected chi connectivity index (χ3v) is 4.46. The minimum atomic E-state index is 0.783. The standard InChI is InChI=1S/C14H14P2/c1-3-7-13(8-4-1)15-11-12-16-14-9-5-2-6-10-14/h1-12,15-16H/b12-11-. The number of hydrogen-bond acceptors (Lipinski definition) is 0. The molecule has 0 radical (unpaired) electrons. The van der Waals surface area contributed by atoms with Crippen molar-refractivity contribution in [2.75, 3.05) is 0 Å². The molecule has 0 spiro atoms. The van der Waals surface area contributed by atoms with Gasteiger partial charge in [-0.1, -0.05) is 89.5 Å². The average Bonchev–Trinajstić information content (AvgIpc) is 2.37. The van der Waals surface area contributed by atoms with Crippen molar-refractivity contribution >= 4 is 27.8 Å². The lowest BCUT2D eigenvalue weighted by atomic mass is 10.4. The van der Waals surface area contributed by atoms with Crippen LogP contribution in [0.25, 0.3) is 0 Å². The van der Waals surface area contributed by atoms with Crippen molar-refractivity contribution in [3.05, 3.63) is 72.3 Å². The van der Waals surface area contributed by atoms with Crippen molar-refractivity contribution in [3.63, 3.8) is 0 Å². The van der Waals surface area contributed by atoms with Gasteiger partial charge in [0.25, 0.3) is 0 Å². The molecule has 0 amide bonds. The molecule has 2 heteroatoms. The Kier molecular flexibility index (Phi) is 4.74. The van der Waals surface area contributed by atoms with Gasteiger partial charge in [0, 0.05) is 0 Å². The second-order valence-corrected chi connectivity index (χ2v) is 5.75. The molecule has 0 bridgehead atoms. The summed E-state index contributed by atoms with van der Waals surface area (Å²) in [5.74, 6) is 4.56. The van der Waals surface area contributed by atoms with Crippen LogP contribution in [-0.4, -0.2) is 0 Å². The van der Waals surface area contributed by atoms with Crippen LogP contribution in [0.15, 0.2) is 72.3 Å². The minimum Gasteiger partial charge on any atom is -0.0669 e. The fourth-order valence-corrected chi connectivity index (χ4v) is 3.17. The van der Waals surface area contributed by atoms with E-state index in [-0.39, 0.29) is 0 Å². The third kappa shape index (κ3) is 3.89. The topological polar surface area (TPSA) is 0 Å². The fraction of sp³-hybridized carbons (Fsp3) is 0. The normalized spacial score (nSPS) is 12.2. The van der Waals surface area contributed by atoms with Crippen LogP contribution >= 0.6 is 17.2 Å². The van der Waals surface area contributed by atoms with E-state index in [2.05, 4.69) is 72.3 Å². The molecular weight excluding hydrogens is 230 g/mol. The van der Waals surface area contributed by atoms with E-state index in [1.165, 1.54) is 10.6 Å². The molecule has 2 atom stereocenters. The molecule has 2 rings (SSSR count). The SMILES string of the molecule is C(=C/Pc1ccccc1)/Pc1ccccc1. The van der Waals surface area contributed by atoms with Crippen LogP contribution in [0.2, 0.25) is 0 Å². The van der Waals surface area contributed by atoms with Gasteiger partial charge in [-0.2, -0.15) is 0 Å². The van der Waals surface area contributed by atoms with E-state index in [0.717, 1.165) is 17.2 Å². The molecule has 0 aliphatic heterocycles. The van der Waals surface area contributed by atoms with Crippen LogP contribution in [0, 0.1) is 0 Å². The van der Waals surface area contributed by atoms with E-state index in [4.69, 9.17) is 0 Å². The highest BCUT2D eigenvalue weighted by atomic mass is 31.1. The van der Waals surface area contributed by atoms with Gasteiger partial charge in [0.05, 0.1) is 0 Å². The van der Waals surface area contributed by atoms with Crippen molar-refractivity contribution in [3.8, 4) is 0 Å². The summed E-state index contributed by atoms with van der Waals surface area (Å²) in [6.07, 6.45) is 0. The lowest BCUT2D eigenvalue weighted by molar-refractivity contribution is 1.78. The van der Waals surface area contributed by atoms with Gasteiger partial charge >= 0.3 is 0 Å². The maximum Gasteiger partial charge on any atom is -0.0232 e. The van der Waals surface area contributed by atoms with Gasteiger partial charge in [-0.15, -0.1) is 0 Å². The fourth-order valence-electron chi connectivity index (χ4n) is 1.34. The molecule has 2 unspecified atom stereocenters. The van der Waals surface area contributed by atoms with E-state index < -0.39 is 0 Å². The van der Waals surface area contributed by atoms with Crippen LogP contribution in [0.1, 0.15) is 0 Å². The first-order valence-corrected chi connectivity index (χ1v) is 7.39. The molecule has 0 aliphatic rings. The van der Waals surface area contributed by atoms with Crippen molar-refractivity contribution in [1.29, 1.82) is 0 Å². The molecule has 0 saturated carbocycles. The van der Waals surface area contributed by atoms with Crippen molar-refractivity contribution in [1.82, 2.24) is 0 Å². The summed E-state index contributed by atoms with van der Waals surface area (Å²) in [7, 11) is 1.57. The van der Waals surface area contributed by atoms with Crippen molar-refractivity contribution in [2.45, 2.75) is 0 Å². The number of rotatable bonds is 4. The van der Waals surface area contributed by atoms with Crippen LogP contribution < -0.4 is 10.6 Å². The highest BCUT2D eigenvalue weighted by Gasteiger charge is 1.87. The van der Waals surface area contributed by atoms with Crippen LogP contribution in [0.3, 0.4) is 0 Å². The molecule has 16 heavy (non-hydrogen) atoms. The lowest BCUT2D eigenvalue weighted by Crippen LogP contribution is -1.89. The molecule has 0 aromatic heterocycles. The van der Waals surface area contributed by atoms with E-state index in [1.54, 1.807) is 0 Å². The van der Waals surface area contributed by atoms with E-state index >= 15 is 0 Å². The van der Waals surface area contributed by atoms with E-state index in [0.29, 0.717) is 0 Å². The highest BCUT2D eigenvalue weighted by molar-refractivity contribution is 7.54. The molecule has 2 aromatic carbocycles. The molecular formula is C14H14P2. The first-order chi connectivity index (χ1) is 7.95. The number of hydrogen-bond donors (Lipinski definition) is 0. The highest BCUT2D eigenvalue weighted by Crippen LogP contribution is 2.18. The maximum absolute atomic E-state index is 2.28. The molecule has 0 aliphatic carbocycles. The van der Waals surface area contributed by atoms with Crippen LogP contribution in [0.5, 0.6) is 0 Å². The van der Waals surface area contributed by atoms with Gasteiger partial charge in [0.2, 0.25) is 0 Å². The Morgan fingerprint density at radius 1 is 0.562 bits per heavy atom. The zero-order valence-electron chi connectivity index (χ0n) is 8.93. The Bertz CT molecular complexity index is 391. The predicted molar refractivity (Wildman–Crippen MR) is 77.9 cm³/mol. The Balaban J connectivity index is 1.83. The number of benzene rings is 2. The third-order valence-electron chi connectivity index (χ3n) is 2.13. The van der Waals surface area contributed by atoms with Crippen LogP contribution in [0.4, 0.5) is 0 Å². The second-order valence-electron chi connectivity index (χ2n) is 3.35. The minimum absolute atomic E-state index is 0.783. The predicted octanol–water partition coefficient (Wildman–Crippen LogP) is 3.47. The van der Waals surface area contributed by atoms with Gasteiger partial charge in [0.15, 0.2) is 0 Å². The van der Waals surface area contributed by atoms with Gasteiger partial charge in [-0.25, -0.2) is 0 Å². The Morgan fingerprint density at radius 3 is 1.31 bits per heavy atom. The monoisotopic (exact) mass is 244 g/mol. The van der Waals surface area contributed by atoms with Gasteiger partial charge < -0.3 is 0 Å². The molecule has 80 valence electrons. The van der Waals surface area contributed by atoms with Crippen molar-refractivity contribution in [2.24, 2.45) is 0 Å². The van der Waals surface area contributed by atoms with Crippen molar-refractivity contribution < 1.29 is 0 Å². The van der Waals surface area contributed by atoms with Gasteiger partial charge in [-0.05, 0) is 10.6 Å². The first-order valence-electron chi connectivity index (χ1n) is 5.23. The van der Waals surface area contributed by atoms with Gasteiger partial charge in [0.1, 0.15) is 0 Å². The zero-order valence-corrected chi connectivity index (χ0v) is 10.9. The summed E-state index contributed by atoms with van der Waals surface area (Å²) < 4.78 is 0. The van der Waals surface area contributed by atoms with E-state index in [9.17, 15) is 0 Å². The second kappa shape index (κ2) is 6.59. The molecule has 0 heterocycles. The quantitative estimate of drug-likeness (QED) is 0.722. The molecule has 0 fully saturated rings. The maximum atomic E-state index is 2.28. The van der Waals surface area contributed by atoms with E-state index in [1.807, 2.05) is 0 Å². The summed E-state index contributed by atoms with van der Waals surface area (Å²) in [5.41, 5.74) is 0. The molecule has 0 N–H and O–H groups in total. The Hall–Kier alpha value is -0.960. The summed E-state index contributed by atoms with van der Waals surface area (Å²) >= 11 is 0. The molecule has 2 aromatic rings. The largest absolute Gasteiger partial charge is 0.0669 e. The summed E-state index contributed by atoms with van der Waals surface area (Å²) in [4.78, 5) is 0. The Morgan fingerprint density at radius 2 is 0.938 bits per heavy atom. The van der Waals surface area contributed by atoms with Crippen LogP contribution in [-0.2, 0) is 0 Å². The Labute approximate surface area is 100 Å². The summed E-state index contributed by atoms with van der Waals surface area (Å²) in [6.45, 7) is 0. The average molecular weight is 244 g/mol.